The molecule has 7 nitrogen and oxygen atoms in total. The summed E-state index contributed by atoms with van der Waals surface area (Å²) >= 11 is 0. The molecular weight excluding hydrogens is 356 g/mol. The van der Waals surface area contributed by atoms with E-state index in [0.29, 0.717) is 6.54 Å². The fourth-order valence-corrected chi connectivity index (χ4v) is 3.56. The maximum atomic E-state index is 12.5. The van der Waals surface area contributed by atoms with Gasteiger partial charge < -0.3 is 20.3 Å². The van der Waals surface area contributed by atoms with E-state index in [-0.39, 0.29) is 18.0 Å². The minimum Gasteiger partial charge on any atom is -0.490 e. The quantitative estimate of drug-likeness (QED) is 0.846. The predicted molar refractivity (Wildman–Crippen MR) is 107 cm³/mol. The van der Waals surface area contributed by atoms with Crippen LogP contribution in [0.15, 0.2) is 60.1 Å². The second-order valence-corrected chi connectivity index (χ2v) is 7.16. The largest absolute Gasteiger partial charge is 0.490 e. The van der Waals surface area contributed by atoms with Crippen molar-refractivity contribution >= 4 is 17.6 Å². The van der Waals surface area contributed by atoms with Crippen LogP contribution in [-0.4, -0.2) is 47.5 Å². The van der Waals surface area contributed by atoms with Gasteiger partial charge in [0.15, 0.2) is 0 Å². The van der Waals surface area contributed by atoms with Gasteiger partial charge in [0.05, 0.1) is 6.54 Å². The van der Waals surface area contributed by atoms with Crippen LogP contribution in [0.5, 0.6) is 5.75 Å². The van der Waals surface area contributed by atoms with Crippen LogP contribution in [0.25, 0.3) is 0 Å². The van der Waals surface area contributed by atoms with Crippen LogP contribution in [0.1, 0.15) is 19.8 Å². The Morgan fingerprint density at radius 1 is 1.18 bits per heavy atom. The highest BCUT2D eigenvalue weighted by Crippen LogP contribution is 2.25. The highest BCUT2D eigenvalue weighted by Gasteiger charge is 2.23. The van der Waals surface area contributed by atoms with Crippen LogP contribution in [-0.2, 0) is 4.79 Å². The summed E-state index contributed by atoms with van der Waals surface area (Å²) in [6.45, 7) is 3.63. The predicted octanol–water partition coefficient (Wildman–Crippen LogP) is 2.81. The number of benzene rings is 1. The molecule has 1 aromatic rings. The van der Waals surface area contributed by atoms with E-state index in [2.05, 4.69) is 10.6 Å². The Hall–Kier alpha value is -3.22. The molecule has 2 N–H and O–H groups in total. The van der Waals surface area contributed by atoms with Gasteiger partial charge in [0.25, 0.3) is 0 Å². The zero-order valence-electron chi connectivity index (χ0n) is 15.9. The Labute approximate surface area is 164 Å². The molecule has 3 heterocycles. The average Bonchev–Trinajstić information content (AvgIpc) is 3.14. The van der Waals surface area contributed by atoms with Crippen molar-refractivity contribution in [1.29, 1.82) is 0 Å². The summed E-state index contributed by atoms with van der Waals surface area (Å²) in [5.41, 5.74) is 2.87. The first-order chi connectivity index (χ1) is 13.6. The Morgan fingerprint density at radius 2 is 1.93 bits per heavy atom. The lowest BCUT2D eigenvalue weighted by atomic mass is 10.1. The van der Waals surface area contributed by atoms with Gasteiger partial charge in [-0.05, 0) is 41.5 Å². The first-order valence-corrected chi connectivity index (χ1v) is 9.52. The molecule has 0 spiro atoms. The van der Waals surface area contributed by atoms with Crippen LogP contribution >= 0.6 is 0 Å². The van der Waals surface area contributed by atoms with Crippen LogP contribution in [0, 0.1) is 0 Å². The van der Waals surface area contributed by atoms with Gasteiger partial charge >= 0.3 is 6.03 Å². The number of likely N-dealkylation sites (tertiary alicyclic amines) is 1. The van der Waals surface area contributed by atoms with Crippen molar-refractivity contribution in [2.45, 2.75) is 25.9 Å². The van der Waals surface area contributed by atoms with Crippen LogP contribution in [0.2, 0.25) is 0 Å². The second-order valence-electron chi connectivity index (χ2n) is 7.16. The van der Waals surface area contributed by atoms with Crippen molar-refractivity contribution in [1.82, 2.24) is 15.1 Å². The topological polar surface area (TPSA) is 73.9 Å². The number of nitrogens with one attached hydrogen (secondary N) is 2. The number of urea groups is 1. The summed E-state index contributed by atoms with van der Waals surface area (Å²) in [6.07, 6.45) is 9.34. The number of allylic oxidation sites excluding steroid dienone is 1. The lowest BCUT2D eigenvalue weighted by molar-refractivity contribution is -0.130. The van der Waals surface area contributed by atoms with Crippen LogP contribution < -0.4 is 15.4 Å². The summed E-state index contributed by atoms with van der Waals surface area (Å²) in [6, 6.07) is 7.25. The van der Waals surface area contributed by atoms with Crippen molar-refractivity contribution in [3.05, 3.63) is 60.1 Å². The number of nitrogens with zero attached hydrogens (tertiary/aromatic N) is 2. The maximum Gasteiger partial charge on any atom is 0.326 e. The summed E-state index contributed by atoms with van der Waals surface area (Å²) < 4.78 is 6.01. The molecule has 0 radical (unpaired) electrons. The van der Waals surface area contributed by atoms with E-state index in [1.54, 1.807) is 11.8 Å². The third kappa shape index (κ3) is 4.03. The average molecular weight is 380 g/mol. The standard InChI is InChI=1S/C21H24N4O3/c1-15(26)24-10-7-20(8-11-24)28-19-4-2-18(3-5-19)23-21(27)25-13-16-6-9-22-12-17(16)14-25/h2-6,9,12-13,20,22H,7-8,10-11,14H2,1H3,(H,23,27). The van der Waals surface area contributed by atoms with Gasteiger partial charge in [-0.25, -0.2) is 4.79 Å². The van der Waals surface area contributed by atoms with E-state index in [9.17, 15) is 9.59 Å². The Morgan fingerprint density at radius 3 is 2.61 bits per heavy atom. The molecule has 1 aromatic carbocycles. The normalized spacial score (nSPS) is 18.8. The smallest absolute Gasteiger partial charge is 0.326 e. The number of anilines is 1. The minimum absolute atomic E-state index is 0.116. The SMILES string of the molecule is CC(=O)N1CCC(Oc2ccc(NC(=O)N3C=C4C=CNC=C4C3)cc2)CC1. The number of carbonyl (C=O) groups excluding carboxylic acids is 2. The highest BCUT2D eigenvalue weighted by molar-refractivity contribution is 5.91. The molecule has 0 unspecified atom stereocenters. The zero-order valence-corrected chi connectivity index (χ0v) is 15.9. The third-order valence-corrected chi connectivity index (χ3v) is 5.18. The molecule has 3 aliphatic rings. The van der Waals surface area contributed by atoms with Gasteiger partial charge in [0.1, 0.15) is 11.9 Å². The van der Waals surface area contributed by atoms with Crippen molar-refractivity contribution < 1.29 is 14.3 Å². The number of rotatable bonds is 3. The first kappa shape index (κ1) is 18.2. The van der Waals surface area contributed by atoms with E-state index in [1.165, 1.54) is 0 Å². The number of hydrogen-bond donors (Lipinski definition) is 2. The summed E-state index contributed by atoms with van der Waals surface area (Å²) in [5, 5.41) is 5.95. The van der Waals surface area contributed by atoms with Gasteiger partial charge in [-0.15, -0.1) is 0 Å². The van der Waals surface area contributed by atoms with Gasteiger partial charge in [0, 0.05) is 57.1 Å². The van der Waals surface area contributed by atoms with Gasteiger partial charge in [-0.3, -0.25) is 9.69 Å². The van der Waals surface area contributed by atoms with E-state index in [0.717, 1.165) is 48.5 Å². The Bertz CT molecular complexity index is 849. The molecule has 146 valence electrons. The lowest BCUT2D eigenvalue weighted by Gasteiger charge is -2.31. The Kier molecular flexibility index (Phi) is 5.06. The second kappa shape index (κ2) is 7.80. The van der Waals surface area contributed by atoms with Crippen LogP contribution in [0.3, 0.4) is 0 Å². The molecule has 3 amide bonds. The fraction of sp³-hybridized carbons (Fsp3) is 0.333. The van der Waals surface area contributed by atoms with Gasteiger partial charge in [-0.1, -0.05) is 0 Å². The molecule has 0 aliphatic carbocycles. The molecule has 3 aliphatic heterocycles. The fourth-order valence-electron chi connectivity index (χ4n) is 3.56. The van der Waals surface area contributed by atoms with E-state index >= 15 is 0 Å². The van der Waals surface area contributed by atoms with E-state index < -0.39 is 0 Å². The van der Waals surface area contributed by atoms with E-state index in [1.807, 2.05) is 53.8 Å². The highest BCUT2D eigenvalue weighted by atomic mass is 16.5. The van der Waals surface area contributed by atoms with Crippen molar-refractivity contribution in [3.63, 3.8) is 0 Å². The monoisotopic (exact) mass is 380 g/mol. The molecular formula is C21H24N4O3. The summed E-state index contributed by atoms with van der Waals surface area (Å²) in [4.78, 5) is 27.4. The number of dihydropyridines is 1. The number of amides is 3. The molecule has 28 heavy (non-hydrogen) atoms. The van der Waals surface area contributed by atoms with Crippen molar-refractivity contribution in [2.75, 3.05) is 25.0 Å². The minimum atomic E-state index is -0.165. The van der Waals surface area contributed by atoms with Gasteiger partial charge in [-0.2, -0.15) is 0 Å². The number of carbonyl (C=O) groups is 2. The summed E-state index contributed by atoms with van der Waals surface area (Å²) in [5.74, 6) is 0.893. The Balaban J connectivity index is 1.29. The molecule has 1 fully saturated rings. The molecule has 7 heteroatoms. The van der Waals surface area contributed by atoms with Gasteiger partial charge in [0.2, 0.25) is 5.91 Å². The number of piperidine rings is 1. The molecule has 0 atom stereocenters. The number of ether oxygens (including phenoxy) is 1. The van der Waals surface area contributed by atoms with Crippen molar-refractivity contribution in [3.8, 4) is 5.75 Å². The van der Waals surface area contributed by atoms with E-state index in [4.69, 9.17) is 4.74 Å². The molecule has 4 rings (SSSR count). The molecule has 0 bridgehead atoms. The molecule has 1 saturated heterocycles. The first-order valence-electron chi connectivity index (χ1n) is 9.52. The maximum absolute atomic E-state index is 12.5. The molecule has 0 saturated carbocycles. The number of hydrogen-bond acceptors (Lipinski definition) is 4. The number of fused-ring (bicyclic) bond motifs is 1. The summed E-state index contributed by atoms with van der Waals surface area (Å²) in [7, 11) is 0. The van der Waals surface area contributed by atoms with Crippen molar-refractivity contribution in [2.24, 2.45) is 0 Å². The lowest BCUT2D eigenvalue weighted by Crippen LogP contribution is -2.40. The zero-order chi connectivity index (χ0) is 19.5. The third-order valence-electron chi connectivity index (χ3n) is 5.18. The molecule has 0 aromatic heterocycles. The van der Waals surface area contributed by atoms with Crippen LogP contribution in [0.4, 0.5) is 10.5 Å².